The number of halogens is 3. The van der Waals surface area contributed by atoms with E-state index in [1.807, 2.05) is 6.07 Å². The van der Waals surface area contributed by atoms with Crippen LogP contribution in [0.25, 0.3) is 54.8 Å². The van der Waals surface area contributed by atoms with Gasteiger partial charge in [-0.2, -0.15) is 0 Å². The van der Waals surface area contributed by atoms with Gasteiger partial charge in [-0.05, 0) is 89.5 Å². The molecule has 0 radical (unpaired) electrons. The van der Waals surface area contributed by atoms with Gasteiger partial charge in [-0.15, -0.1) is 20.4 Å². The van der Waals surface area contributed by atoms with Crippen LogP contribution in [0.1, 0.15) is 37.3 Å². The topological polar surface area (TPSA) is 227 Å². The Balaban J connectivity index is 0.000000133. The van der Waals surface area contributed by atoms with E-state index in [2.05, 4.69) is 46.2 Å². The standard InChI is InChI=1S/C17H14FN3O4.C17H12FN3O2S.C16H10FN3O2S/c1-24-15-14-12(3-2-8-19-14)25-16(15)17(23)21-20-13(22)9-10-4-6-11(18)7-5-10;1-22-15-14-12(3-2-8-19-14)23-16(15)17-21-20-13(24-17)9-10-4-6-11(18)7-5-10;17-10-5-3-9(4-6-10)8-12-19-20-16(23-12)15-14(21)13-11(22-15)2-1-7-18-13/h2-8H,9H2,1H3,(H,20,22)(H,21,23);2-8H,9H2,1H3;1-7,21H,8H2. The summed E-state index contributed by atoms with van der Waals surface area (Å²) >= 11 is 2.73. The fraction of sp³-hybridized carbons (Fsp3) is 0.100. The third kappa shape index (κ3) is 11.0. The van der Waals surface area contributed by atoms with Gasteiger partial charge in [0, 0.05) is 31.4 Å². The SMILES string of the molecule is COc1c(-c2nnc(Cc3ccc(F)cc3)s2)oc2cccnc12.COc1c(C(=O)NNC(=O)Cc2ccc(F)cc2)oc2cccnc12.Oc1c(-c2nnc(Cc3ccc(F)cc3)s2)oc2cccnc12. The number of benzene rings is 3. The molecular formula is C50H36F3N9O8S2. The number of pyridine rings is 3. The third-order valence-electron chi connectivity index (χ3n) is 10.3. The third-order valence-corrected chi connectivity index (χ3v) is 12.1. The molecule has 0 spiro atoms. The number of fused-ring (bicyclic) bond motifs is 3. The summed E-state index contributed by atoms with van der Waals surface area (Å²) in [6.07, 6.45) is 5.92. The van der Waals surface area contributed by atoms with Crippen molar-refractivity contribution in [3.05, 3.63) is 178 Å². The molecule has 11 rings (SSSR count). The first-order valence-corrected chi connectivity index (χ1v) is 23.0. The molecule has 11 aromatic rings. The van der Waals surface area contributed by atoms with Gasteiger partial charge in [0.05, 0.1) is 20.6 Å². The zero-order valence-electron chi connectivity index (χ0n) is 37.6. The van der Waals surface area contributed by atoms with Crippen LogP contribution in [-0.4, -0.2) is 66.5 Å². The normalized spacial score (nSPS) is 10.9. The maximum Gasteiger partial charge on any atom is 0.309 e. The molecule has 0 atom stereocenters. The van der Waals surface area contributed by atoms with Crippen LogP contribution < -0.4 is 20.3 Å². The van der Waals surface area contributed by atoms with Crippen molar-refractivity contribution in [1.29, 1.82) is 0 Å². The number of amides is 2. The first-order valence-electron chi connectivity index (χ1n) is 21.4. The Morgan fingerprint density at radius 2 is 1.00 bits per heavy atom. The molecule has 22 heteroatoms. The number of aromatic hydroxyl groups is 1. The van der Waals surface area contributed by atoms with E-state index in [4.69, 9.17) is 22.7 Å². The van der Waals surface area contributed by atoms with Crippen LogP contribution in [0.5, 0.6) is 17.2 Å². The van der Waals surface area contributed by atoms with Crippen molar-refractivity contribution >= 4 is 67.8 Å². The number of methoxy groups -OCH3 is 2. The highest BCUT2D eigenvalue weighted by molar-refractivity contribution is 7.15. The number of hydrogen-bond donors (Lipinski definition) is 3. The number of carbonyl (C=O) groups is 2. The number of nitrogens with zero attached hydrogens (tertiary/aromatic N) is 7. The highest BCUT2D eigenvalue weighted by Crippen LogP contribution is 2.41. The van der Waals surface area contributed by atoms with Gasteiger partial charge in [-0.25, -0.2) is 28.1 Å². The number of aromatic nitrogens is 7. The first-order chi connectivity index (χ1) is 35.0. The van der Waals surface area contributed by atoms with Crippen LogP contribution in [0.2, 0.25) is 0 Å². The molecule has 2 amide bonds. The van der Waals surface area contributed by atoms with E-state index in [0.717, 1.165) is 21.1 Å². The van der Waals surface area contributed by atoms with Crippen molar-refractivity contribution in [2.75, 3.05) is 14.2 Å². The monoisotopic (exact) mass is 1010 g/mol. The van der Waals surface area contributed by atoms with Crippen molar-refractivity contribution in [3.63, 3.8) is 0 Å². The fourth-order valence-electron chi connectivity index (χ4n) is 6.95. The van der Waals surface area contributed by atoms with Crippen LogP contribution in [0.15, 0.2) is 141 Å². The zero-order valence-corrected chi connectivity index (χ0v) is 39.3. The smallest absolute Gasteiger partial charge is 0.309 e. The fourth-order valence-corrected chi connectivity index (χ4v) is 8.66. The molecule has 0 saturated carbocycles. The molecule has 8 heterocycles. The molecule has 0 unspecified atom stereocenters. The molecule has 8 aromatic heterocycles. The highest BCUT2D eigenvalue weighted by atomic mass is 32.1. The summed E-state index contributed by atoms with van der Waals surface area (Å²) in [7, 11) is 2.96. The van der Waals surface area contributed by atoms with Crippen LogP contribution in [0.4, 0.5) is 13.2 Å². The van der Waals surface area contributed by atoms with Gasteiger partial charge in [0.15, 0.2) is 60.6 Å². The highest BCUT2D eigenvalue weighted by Gasteiger charge is 2.24. The van der Waals surface area contributed by atoms with Crippen LogP contribution in [-0.2, 0) is 24.1 Å². The Labute approximate surface area is 412 Å². The summed E-state index contributed by atoms with van der Waals surface area (Å²) < 4.78 is 66.2. The number of nitrogens with one attached hydrogen (secondary N) is 2. The van der Waals surface area contributed by atoms with Gasteiger partial charge >= 0.3 is 5.91 Å². The minimum atomic E-state index is -0.678. The summed E-state index contributed by atoms with van der Waals surface area (Å²) in [4.78, 5) is 36.6. The lowest BCUT2D eigenvalue weighted by molar-refractivity contribution is -0.121. The van der Waals surface area contributed by atoms with Crippen molar-refractivity contribution in [2.45, 2.75) is 19.3 Å². The van der Waals surface area contributed by atoms with E-state index >= 15 is 0 Å². The summed E-state index contributed by atoms with van der Waals surface area (Å²) in [5.41, 5.74) is 10.0. The summed E-state index contributed by atoms with van der Waals surface area (Å²) in [5, 5.41) is 29.5. The lowest BCUT2D eigenvalue weighted by atomic mass is 10.1. The lowest BCUT2D eigenvalue weighted by Crippen LogP contribution is -2.42. The number of hydrazine groups is 1. The van der Waals surface area contributed by atoms with E-state index in [0.29, 0.717) is 73.2 Å². The van der Waals surface area contributed by atoms with Crippen LogP contribution in [0, 0.1) is 17.5 Å². The zero-order chi connectivity index (χ0) is 50.1. The largest absolute Gasteiger partial charge is 0.503 e. The van der Waals surface area contributed by atoms with Gasteiger partial charge in [-0.3, -0.25) is 20.4 Å². The minimum absolute atomic E-state index is 0.0145. The lowest BCUT2D eigenvalue weighted by Gasteiger charge is -2.07. The Hall–Kier alpha value is -9.02. The summed E-state index contributed by atoms with van der Waals surface area (Å²) in [6.45, 7) is 0. The predicted octanol–water partition coefficient (Wildman–Crippen LogP) is 9.85. The molecule has 3 aromatic carbocycles. The van der Waals surface area contributed by atoms with E-state index in [9.17, 15) is 27.9 Å². The number of rotatable bonds is 11. The number of ether oxygens (including phenoxy) is 2. The molecule has 0 bridgehead atoms. The second kappa shape index (κ2) is 21.7. The van der Waals surface area contributed by atoms with Gasteiger partial charge in [0.1, 0.15) is 27.5 Å². The van der Waals surface area contributed by atoms with Crippen molar-refractivity contribution in [1.82, 2.24) is 46.2 Å². The minimum Gasteiger partial charge on any atom is -0.503 e. The summed E-state index contributed by atoms with van der Waals surface area (Å²) in [6, 6.07) is 28.5. The maximum atomic E-state index is 13.0. The Bertz CT molecular complexity index is 3660. The average Bonchev–Trinajstić information content (AvgIpc) is 4.26. The number of furan rings is 3. The molecule has 0 aliphatic heterocycles. The molecule has 0 fully saturated rings. The van der Waals surface area contributed by atoms with Gasteiger partial charge in [-0.1, -0.05) is 59.1 Å². The maximum absolute atomic E-state index is 13.0. The quantitative estimate of drug-likeness (QED) is 0.102. The average molecular weight is 1010 g/mol. The molecule has 0 aliphatic rings. The molecular weight excluding hydrogens is 976 g/mol. The Morgan fingerprint density at radius 1 is 0.556 bits per heavy atom. The molecule has 0 aliphatic carbocycles. The van der Waals surface area contributed by atoms with Gasteiger partial charge in [0.25, 0.3) is 0 Å². The van der Waals surface area contributed by atoms with Gasteiger partial charge < -0.3 is 27.8 Å². The van der Waals surface area contributed by atoms with E-state index in [1.165, 1.54) is 78.3 Å². The second-order valence-electron chi connectivity index (χ2n) is 15.2. The first kappa shape index (κ1) is 48.0. The predicted molar refractivity (Wildman–Crippen MR) is 259 cm³/mol. The Kier molecular flexibility index (Phi) is 14.5. The van der Waals surface area contributed by atoms with Crippen molar-refractivity contribution < 1.29 is 50.6 Å². The van der Waals surface area contributed by atoms with Crippen LogP contribution >= 0.6 is 22.7 Å². The second-order valence-corrected chi connectivity index (χ2v) is 17.3. The molecule has 362 valence electrons. The molecule has 3 N–H and O–H groups in total. The molecule has 17 nitrogen and oxygen atoms in total. The summed E-state index contributed by atoms with van der Waals surface area (Å²) in [5.74, 6) is -0.670. The van der Waals surface area contributed by atoms with Crippen LogP contribution in [0.3, 0.4) is 0 Å². The van der Waals surface area contributed by atoms with Gasteiger partial charge in [0.2, 0.25) is 23.2 Å². The Morgan fingerprint density at radius 3 is 1.51 bits per heavy atom. The van der Waals surface area contributed by atoms with Crippen molar-refractivity contribution in [3.8, 4) is 38.8 Å². The number of hydrogen-bond acceptors (Lipinski definition) is 17. The number of carbonyl (C=O) groups excluding carboxylic acids is 2. The van der Waals surface area contributed by atoms with E-state index in [-0.39, 0.29) is 46.9 Å². The van der Waals surface area contributed by atoms with E-state index in [1.54, 1.807) is 80.3 Å². The molecule has 72 heavy (non-hydrogen) atoms. The molecule has 0 saturated heterocycles. The van der Waals surface area contributed by atoms with Crippen molar-refractivity contribution in [2.24, 2.45) is 0 Å². The van der Waals surface area contributed by atoms with E-state index < -0.39 is 11.8 Å².